The van der Waals surface area contributed by atoms with E-state index in [1.54, 1.807) is 0 Å². The summed E-state index contributed by atoms with van der Waals surface area (Å²) in [6.07, 6.45) is 2.72. The van der Waals surface area contributed by atoms with Crippen LogP contribution in [0.1, 0.15) is 30.6 Å². The van der Waals surface area contributed by atoms with Crippen molar-refractivity contribution in [3.8, 4) is 0 Å². The first-order valence-electron chi connectivity index (χ1n) is 6.04. The molecule has 17 heavy (non-hydrogen) atoms. The molecule has 0 radical (unpaired) electrons. The molecule has 0 bridgehead atoms. The third-order valence-electron chi connectivity index (χ3n) is 3.34. The molecule has 0 spiro atoms. The Balaban J connectivity index is 1.93. The van der Waals surface area contributed by atoms with Gasteiger partial charge >= 0.3 is 0 Å². The lowest BCUT2D eigenvalue weighted by Gasteiger charge is -2.23. The highest BCUT2D eigenvalue weighted by atomic mass is 16.5. The Labute approximate surface area is 102 Å². The van der Waals surface area contributed by atoms with Gasteiger partial charge in [0.25, 0.3) is 0 Å². The second kappa shape index (κ2) is 4.76. The van der Waals surface area contributed by atoms with Crippen molar-refractivity contribution in [1.82, 2.24) is 15.1 Å². The smallest absolute Gasteiger partial charge is 0.103 e. The summed E-state index contributed by atoms with van der Waals surface area (Å²) < 4.78 is 7.04. The number of ether oxygens (including phenoxy) is 1. The maximum absolute atomic E-state index is 10.2. The Morgan fingerprint density at radius 3 is 3.00 bits per heavy atom. The molecule has 1 aliphatic heterocycles. The highest BCUT2D eigenvalue weighted by Gasteiger charge is 2.32. The van der Waals surface area contributed by atoms with Crippen molar-refractivity contribution in [3.63, 3.8) is 0 Å². The van der Waals surface area contributed by atoms with Crippen molar-refractivity contribution in [2.24, 2.45) is 7.05 Å². The van der Waals surface area contributed by atoms with Gasteiger partial charge in [-0.2, -0.15) is 5.10 Å². The number of nitrogens with zero attached hydrogens (tertiary/aromatic N) is 2. The van der Waals surface area contributed by atoms with E-state index in [0.29, 0.717) is 26.2 Å². The van der Waals surface area contributed by atoms with Gasteiger partial charge in [-0.1, -0.05) is 0 Å². The third-order valence-corrected chi connectivity index (χ3v) is 3.34. The van der Waals surface area contributed by atoms with Crippen molar-refractivity contribution < 1.29 is 9.84 Å². The van der Waals surface area contributed by atoms with E-state index in [1.807, 2.05) is 24.9 Å². The van der Waals surface area contributed by atoms with Crippen LogP contribution in [0.15, 0.2) is 6.20 Å². The maximum Gasteiger partial charge on any atom is 0.103 e. The number of aliphatic hydroxyl groups is 1. The summed E-state index contributed by atoms with van der Waals surface area (Å²) in [5.41, 5.74) is 1.50. The predicted molar refractivity (Wildman–Crippen MR) is 64.7 cm³/mol. The zero-order chi connectivity index (χ0) is 12.5. The van der Waals surface area contributed by atoms with Gasteiger partial charge in [-0.25, -0.2) is 0 Å². The van der Waals surface area contributed by atoms with Gasteiger partial charge in [0.15, 0.2) is 0 Å². The van der Waals surface area contributed by atoms with Crippen LogP contribution in [0.3, 0.4) is 0 Å². The fourth-order valence-electron chi connectivity index (χ4n) is 2.23. The number of hydrogen-bond acceptors (Lipinski definition) is 4. The van der Waals surface area contributed by atoms with E-state index in [-0.39, 0.29) is 6.04 Å². The van der Waals surface area contributed by atoms with Gasteiger partial charge in [0.2, 0.25) is 0 Å². The quantitative estimate of drug-likeness (QED) is 0.804. The first-order chi connectivity index (χ1) is 8.00. The first kappa shape index (κ1) is 12.5. The van der Waals surface area contributed by atoms with E-state index in [1.165, 1.54) is 5.56 Å². The van der Waals surface area contributed by atoms with Gasteiger partial charge in [0.1, 0.15) is 5.60 Å². The maximum atomic E-state index is 10.2. The molecule has 1 saturated heterocycles. The van der Waals surface area contributed by atoms with E-state index in [9.17, 15) is 5.11 Å². The molecule has 1 aliphatic rings. The van der Waals surface area contributed by atoms with Crippen LogP contribution < -0.4 is 5.32 Å². The molecule has 5 nitrogen and oxygen atoms in total. The zero-order valence-electron chi connectivity index (χ0n) is 10.7. The van der Waals surface area contributed by atoms with Crippen LogP contribution in [0.2, 0.25) is 0 Å². The van der Waals surface area contributed by atoms with Crippen molar-refractivity contribution in [2.45, 2.75) is 31.9 Å². The third kappa shape index (κ3) is 2.86. The highest BCUT2D eigenvalue weighted by molar-refractivity contribution is 5.19. The van der Waals surface area contributed by atoms with Gasteiger partial charge in [0, 0.05) is 44.4 Å². The highest BCUT2D eigenvalue weighted by Crippen LogP contribution is 2.20. The molecule has 1 aromatic heterocycles. The number of aromatic nitrogens is 2. The number of aryl methyl sites for hydroxylation is 2. The minimum absolute atomic E-state index is 0.188. The summed E-state index contributed by atoms with van der Waals surface area (Å²) in [6, 6.07) is 0.188. The standard InChI is InChI=1S/C12H21N3O2/c1-9(11-6-15(3)14-10(11)2)13-7-12(16)4-5-17-8-12/h6,9,13,16H,4-5,7-8H2,1-3H3. The van der Waals surface area contributed by atoms with Crippen LogP contribution in [-0.4, -0.2) is 40.2 Å². The average molecular weight is 239 g/mol. The molecule has 1 aromatic rings. The van der Waals surface area contributed by atoms with Crippen molar-refractivity contribution in [2.75, 3.05) is 19.8 Å². The molecule has 2 heterocycles. The number of rotatable bonds is 4. The van der Waals surface area contributed by atoms with Gasteiger partial charge in [-0.15, -0.1) is 0 Å². The van der Waals surface area contributed by atoms with E-state index in [0.717, 1.165) is 5.69 Å². The lowest BCUT2D eigenvalue weighted by Crippen LogP contribution is -2.41. The van der Waals surface area contributed by atoms with Gasteiger partial charge < -0.3 is 15.2 Å². The van der Waals surface area contributed by atoms with Crippen molar-refractivity contribution in [3.05, 3.63) is 17.5 Å². The fraction of sp³-hybridized carbons (Fsp3) is 0.750. The zero-order valence-corrected chi connectivity index (χ0v) is 10.7. The first-order valence-corrected chi connectivity index (χ1v) is 6.04. The molecule has 0 aliphatic carbocycles. The van der Waals surface area contributed by atoms with E-state index >= 15 is 0 Å². The topological polar surface area (TPSA) is 59.3 Å². The van der Waals surface area contributed by atoms with E-state index in [4.69, 9.17) is 4.74 Å². The monoisotopic (exact) mass is 239 g/mol. The summed E-state index contributed by atoms with van der Waals surface area (Å²) in [4.78, 5) is 0. The minimum atomic E-state index is -0.704. The van der Waals surface area contributed by atoms with Crippen molar-refractivity contribution in [1.29, 1.82) is 0 Å². The Morgan fingerprint density at radius 1 is 1.71 bits per heavy atom. The molecule has 0 aromatic carbocycles. The molecular weight excluding hydrogens is 218 g/mol. The van der Waals surface area contributed by atoms with Crippen LogP contribution >= 0.6 is 0 Å². The second-order valence-corrected chi connectivity index (χ2v) is 4.97. The molecule has 0 saturated carbocycles. The molecule has 0 amide bonds. The molecule has 2 atom stereocenters. The Hall–Kier alpha value is -0.910. The predicted octanol–water partition coefficient (Wildman–Crippen LogP) is 0.531. The van der Waals surface area contributed by atoms with Gasteiger partial charge in [-0.3, -0.25) is 4.68 Å². The Kier molecular flexibility index (Phi) is 3.51. The fourth-order valence-corrected chi connectivity index (χ4v) is 2.23. The largest absolute Gasteiger partial charge is 0.386 e. The van der Waals surface area contributed by atoms with E-state index in [2.05, 4.69) is 17.3 Å². The Bertz CT molecular complexity index is 383. The summed E-state index contributed by atoms with van der Waals surface area (Å²) >= 11 is 0. The Morgan fingerprint density at radius 2 is 2.47 bits per heavy atom. The van der Waals surface area contributed by atoms with Crippen LogP contribution in [0.5, 0.6) is 0 Å². The normalized spacial score (nSPS) is 26.4. The van der Waals surface area contributed by atoms with Crippen LogP contribution in [-0.2, 0) is 11.8 Å². The summed E-state index contributed by atoms with van der Waals surface area (Å²) in [5.74, 6) is 0. The number of nitrogens with one attached hydrogen (secondary N) is 1. The molecule has 2 rings (SSSR count). The average Bonchev–Trinajstić information content (AvgIpc) is 2.83. The van der Waals surface area contributed by atoms with E-state index < -0.39 is 5.60 Å². The lowest BCUT2D eigenvalue weighted by atomic mass is 10.0. The SMILES string of the molecule is Cc1nn(C)cc1C(C)NCC1(O)CCOC1. The van der Waals surface area contributed by atoms with Gasteiger partial charge in [0.05, 0.1) is 12.3 Å². The molecule has 96 valence electrons. The minimum Gasteiger partial charge on any atom is -0.386 e. The molecule has 1 fully saturated rings. The van der Waals surface area contributed by atoms with Crippen LogP contribution in [0.4, 0.5) is 0 Å². The van der Waals surface area contributed by atoms with Gasteiger partial charge in [-0.05, 0) is 13.8 Å². The van der Waals surface area contributed by atoms with Crippen molar-refractivity contribution >= 4 is 0 Å². The summed E-state index contributed by atoms with van der Waals surface area (Å²) in [6.45, 7) is 5.73. The summed E-state index contributed by atoms with van der Waals surface area (Å²) in [5, 5.41) is 17.8. The second-order valence-electron chi connectivity index (χ2n) is 4.97. The van der Waals surface area contributed by atoms with Crippen LogP contribution in [0, 0.1) is 6.92 Å². The van der Waals surface area contributed by atoms with Crippen LogP contribution in [0.25, 0.3) is 0 Å². The molecule has 5 heteroatoms. The summed E-state index contributed by atoms with van der Waals surface area (Å²) in [7, 11) is 1.92. The molecular formula is C12H21N3O2. The molecule has 2 N–H and O–H groups in total. The molecule has 2 unspecified atom stereocenters. The number of hydrogen-bond donors (Lipinski definition) is 2. The lowest BCUT2D eigenvalue weighted by molar-refractivity contribution is 0.0252.